The molecule has 1 N–H and O–H groups in total. The van der Waals surface area contributed by atoms with Crippen molar-refractivity contribution in [3.05, 3.63) is 33.5 Å². The average Bonchev–Trinajstić information content (AvgIpc) is 2.33. The van der Waals surface area contributed by atoms with E-state index in [1.165, 1.54) is 6.20 Å². The number of phenols is 1. The standard InChI is InChI=1S/C13H11ClN2O/c1-6-7(2)13(17)8(3)12-10(6)11(14)9(4-15)5-16-12/h5,17H,1-3H3. The summed E-state index contributed by atoms with van der Waals surface area (Å²) in [5.41, 5.74) is 3.32. The SMILES string of the molecule is Cc1c(O)c(C)c2ncc(C#N)c(Cl)c2c1C. The number of fused-ring (bicyclic) bond motifs is 1. The van der Waals surface area contributed by atoms with E-state index in [1.54, 1.807) is 6.92 Å². The highest BCUT2D eigenvalue weighted by Gasteiger charge is 2.16. The van der Waals surface area contributed by atoms with Gasteiger partial charge in [-0.3, -0.25) is 4.98 Å². The van der Waals surface area contributed by atoms with Gasteiger partial charge in [0.2, 0.25) is 0 Å². The van der Waals surface area contributed by atoms with Gasteiger partial charge in [0.15, 0.2) is 0 Å². The maximum atomic E-state index is 9.95. The van der Waals surface area contributed by atoms with Gasteiger partial charge in [-0.2, -0.15) is 5.26 Å². The number of rotatable bonds is 0. The van der Waals surface area contributed by atoms with Crippen LogP contribution in [-0.2, 0) is 0 Å². The number of aromatic hydroxyl groups is 1. The van der Waals surface area contributed by atoms with Crippen molar-refractivity contribution in [2.75, 3.05) is 0 Å². The Morgan fingerprint density at radius 2 is 1.88 bits per heavy atom. The van der Waals surface area contributed by atoms with E-state index in [9.17, 15) is 5.11 Å². The monoisotopic (exact) mass is 246 g/mol. The Bertz CT molecular complexity index is 672. The molecular formula is C13H11ClN2O. The summed E-state index contributed by atoms with van der Waals surface area (Å²) < 4.78 is 0. The highest BCUT2D eigenvalue weighted by Crippen LogP contribution is 2.37. The second-order valence-electron chi connectivity index (χ2n) is 4.04. The molecule has 3 nitrogen and oxygen atoms in total. The fourth-order valence-corrected chi connectivity index (χ4v) is 2.27. The van der Waals surface area contributed by atoms with E-state index >= 15 is 0 Å². The Kier molecular flexibility index (Phi) is 2.68. The average molecular weight is 247 g/mol. The van der Waals surface area contributed by atoms with E-state index in [4.69, 9.17) is 16.9 Å². The molecule has 1 heterocycles. The van der Waals surface area contributed by atoms with Crippen LogP contribution in [0.4, 0.5) is 0 Å². The van der Waals surface area contributed by atoms with Crippen LogP contribution in [0.5, 0.6) is 5.75 Å². The Balaban J connectivity index is 3.08. The Labute approximate surface area is 104 Å². The number of aryl methyl sites for hydroxylation is 2. The first-order valence-corrected chi connectivity index (χ1v) is 5.53. The number of pyridine rings is 1. The van der Waals surface area contributed by atoms with Crippen LogP contribution in [0, 0.1) is 32.1 Å². The number of phenolic OH excluding ortho intramolecular Hbond substituents is 1. The third kappa shape index (κ3) is 1.53. The van der Waals surface area contributed by atoms with E-state index in [0.717, 1.165) is 16.5 Å². The highest BCUT2D eigenvalue weighted by molar-refractivity contribution is 6.37. The van der Waals surface area contributed by atoms with Crippen LogP contribution in [0.15, 0.2) is 6.20 Å². The predicted octanol–water partition coefficient (Wildman–Crippen LogP) is 3.39. The Morgan fingerprint density at radius 3 is 2.47 bits per heavy atom. The molecule has 0 bridgehead atoms. The van der Waals surface area contributed by atoms with Crippen molar-refractivity contribution < 1.29 is 5.11 Å². The zero-order valence-corrected chi connectivity index (χ0v) is 10.6. The number of nitriles is 1. The van der Waals surface area contributed by atoms with E-state index in [2.05, 4.69) is 4.98 Å². The summed E-state index contributed by atoms with van der Waals surface area (Å²) in [4.78, 5) is 4.21. The lowest BCUT2D eigenvalue weighted by Gasteiger charge is -2.13. The fourth-order valence-electron chi connectivity index (χ4n) is 1.95. The van der Waals surface area contributed by atoms with Gasteiger partial charge in [-0.05, 0) is 31.9 Å². The van der Waals surface area contributed by atoms with Crippen molar-refractivity contribution in [1.82, 2.24) is 4.98 Å². The second kappa shape index (κ2) is 3.90. The highest BCUT2D eigenvalue weighted by atomic mass is 35.5. The predicted molar refractivity (Wildman–Crippen MR) is 67.3 cm³/mol. The third-order valence-electron chi connectivity index (χ3n) is 3.14. The molecule has 86 valence electrons. The van der Waals surface area contributed by atoms with Crippen LogP contribution in [0.2, 0.25) is 5.02 Å². The van der Waals surface area contributed by atoms with Crippen LogP contribution < -0.4 is 0 Å². The van der Waals surface area contributed by atoms with Gasteiger partial charge in [-0.25, -0.2) is 0 Å². The molecule has 0 saturated heterocycles. The first kappa shape index (κ1) is 11.7. The summed E-state index contributed by atoms with van der Waals surface area (Å²) in [6.45, 7) is 5.48. The summed E-state index contributed by atoms with van der Waals surface area (Å²) in [7, 11) is 0. The molecule has 17 heavy (non-hydrogen) atoms. The van der Waals surface area contributed by atoms with Gasteiger partial charge in [0.25, 0.3) is 0 Å². The molecule has 0 aliphatic rings. The number of benzene rings is 1. The maximum Gasteiger partial charge on any atom is 0.123 e. The second-order valence-corrected chi connectivity index (χ2v) is 4.42. The Morgan fingerprint density at radius 1 is 1.24 bits per heavy atom. The molecule has 1 aromatic carbocycles. The van der Waals surface area contributed by atoms with Gasteiger partial charge in [0, 0.05) is 17.1 Å². The van der Waals surface area contributed by atoms with Crippen molar-refractivity contribution in [2.45, 2.75) is 20.8 Å². The molecule has 2 aromatic rings. The number of aromatic nitrogens is 1. The summed E-state index contributed by atoms with van der Waals surface area (Å²) in [5.74, 6) is 0.239. The van der Waals surface area contributed by atoms with Gasteiger partial charge in [0.1, 0.15) is 11.8 Å². The molecule has 4 heteroatoms. The van der Waals surface area contributed by atoms with Crippen molar-refractivity contribution in [3.63, 3.8) is 0 Å². The quantitative estimate of drug-likeness (QED) is 0.775. The molecule has 2 rings (SSSR count). The smallest absolute Gasteiger partial charge is 0.123 e. The lowest BCUT2D eigenvalue weighted by molar-refractivity contribution is 0.467. The van der Waals surface area contributed by atoms with Crippen LogP contribution in [0.25, 0.3) is 10.9 Å². The minimum Gasteiger partial charge on any atom is -0.507 e. The zero-order valence-electron chi connectivity index (χ0n) is 9.80. The number of nitrogens with zero attached hydrogens (tertiary/aromatic N) is 2. The van der Waals surface area contributed by atoms with E-state index < -0.39 is 0 Å². The van der Waals surface area contributed by atoms with Gasteiger partial charge >= 0.3 is 0 Å². The number of hydrogen-bond acceptors (Lipinski definition) is 3. The Hall–Kier alpha value is -1.79. The minimum absolute atomic E-state index is 0.239. The summed E-state index contributed by atoms with van der Waals surface area (Å²) in [6.07, 6.45) is 1.44. The lowest BCUT2D eigenvalue weighted by atomic mass is 9.98. The first-order valence-electron chi connectivity index (χ1n) is 5.16. The van der Waals surface area contributed by atoms with Gasteiger partial charge in [-0.15, -0.1) is 0 Å². The summed E-state index contributed by atoms with van der Waals surface area (Å²) in [6, 6.07) is 2.01. The zero-order chi connectivity index (χ0) is 12.7. The van der Waals surface area contributed by atoms with E-state index in [1.807, 2.05) is 19.9 Å². The molecule has 0 amide bonds. The number of hydrogen-bond donors (Lipinski definition) is 1. The molecule has 0 atom stereocenters. The molecule has 1 aromatic heterocycles. The van der Waals surface area contributed by atoms with Crippen LogP contribution in [0.3, 0.4) is 0 Å². The normalized spacial score (nSPS) is 10.5. The molecule has 0 unspecified atom stereocenters. The molecular weight excluding hydrogens is 236 g/mol. The molecule has 0 aliphatic heterocycles. The minimum atomic E-state index is 0.239. The van der Waals surface area contributed by atoms with Crippen molar-refractivity contribution >= 4 is 22.5 Å². The van der Waals surface area contributed by atoms with Gasteiger partial charge in [-0.1, -0.05) is 11.6 Å². The summed E-state index contributed by atoms with van der Waals surface area (Å²) >= 11 is 6.20. The first-order chi connectivity index (χ1) is 7.99. The maximum absolute atomic E-state index is 9.95. The van der Waals surface area contributed by atoms with Crippen LogP contribution in [0.1, 0.15) is 22.3 Å². The van der Waals surface area contributed by atoms with E-state index in [-0.39, 0.29) is 5.75 Å². The molecule has 0 fully saturated rings. The summed E-state index contributed by atoms with van der Waals surface area (Å²) in [5, 5.41) is 20.0. The third-order valence-corrected chi connectivity index (χ3v) is 3.53. The topological polar surface area (TPSA) is 56.9 Å². The van der Waals surface area contributed by atoms with Crippen LogP contribution >= 0.6 is 11.6 Å². The van der Waals surface area contributed by atoms with E-state index in [0.29, 0.717) is 21.7 Å². The van der Waals surface area contributed by atoms with Gasteiger partial charge < -0.3 is 5.11 Å². The van der Waals surface area contributed by atoms with Crippen molar-refractivity contribution in [1.29, 1.82) is 5.26 Å². The molecule has 0 radical (unpaired) electrons. The number of halogens is 1. The molecule has 0 aliphatic carbocycles. The fraction of sp³-hybridized carbons (Fsp3) is 0.231. The lowest BCUT2D eigenvalue weighted by Crippen LogP contribution is -1.95. The molecule has 0 saturated carbocycles. The van der Waals surface area contributed by atoms with Crippen molar-refractivity contribution in [2.24, 2.45) is 0 Å². The van der Waals surface area contributed by atoms with Gasteiger partial charge in [0.05, 0.1) is 16.1 Å². The molecule has 0 spiro atoms. The van der Waals surface area contributed by atoms with Crippen molar-refractivity contribution in [3.8, 4) is 11.8 Å². The van der Waals surface area contributed by atoms with Crippen LogP contribution in [-0.4, -0.2) is 10.1 Å². The largest absolute Gasteiger partial charge is 0.507 e.